The molecule has 0 radical (unpaired) electrons. The summed E-state index contributed by atoms with van der Waals surface area (Å²) in [5.41, 5.74) is 5.61. The van der Waals surface area contributed by atoms with Gasteiger partial charge >= 0.3 is 0 Å². The van der Waals surface area contributed by atoms with Crippen LogP contribution in [0.5, 0.6) is 5.75 Å². The molecule has 0 saturated carbocycles. The molecule has 88 valence electrons. The number of halogens is 2. The fourth-order valence-corrected chi connectivity index (χ4v) is 1.47. The van der Waals surface area contributed by atoms with Crippen molar-refractivity contribution in [2.24, 2.45) is 5.73 Å². The second-order valence-corrected chi connectivity index (χ2v) is 3.48. The van der Waals surface area contributed by atoms with Crippen molar-refractivity contribution in [1.82, 2.24) is 0 Å². The fourth-order valence-electron chi connectivity index (χ4n) is 1.47. The molecule has 2 nitrogen and oxygen atoms in total. The van der Waals surface area contributed by atoms with Crippen molar-refractivity contribution in [3.05, 3.63) is 42.0 Å². The van der Waals surface area contributed by atoms with Gasteiger partial charge in [-0.05, 0) is 12.8 Å². The third-order valence-corrected chi connectivity index (χ3v) is 2.34. The third kappa shape index (κ3) is 2.79. The molecule has 1 aromatic carbocycles. The molecule has 0 spiro atoms. The summed E-state index contributed by atoms with van der Waals surface area (Å²) in [4.78, 5) is 0. The average molecular weight is 227 g/mol. The smallest absolute Gasteiger partial charge is 0.134 e. The van der Waals surface area contributed by atoms with Crippen LogP contribution in [0.4, 0.5) is 8.78 Å². The highest BCUT2D eigenvalue weighted by Crippen LogP contribution is 2.26. The summed E-state index contributed by atoms with van der Waals surface area (Å²) < 4.78 is 31.9. The van der Waals surface area contributed by atoms with Gasteiger partial charge < -0.3 is 10.5 Å². The molecule has 1 atom stereocenters. The van der Waals surface area contributed by atoms with Crippen LogP contribution in [0.15, 0.2) is 24.8 Å². The van der Waals surface area contributed by atoms with E-state index in [0.29, 0.717) is 12.8 Å². The maximum Gasteiger partial charge on any atom is 0.134 e. The van der Waals surface area contributed by atoms with E-state index in [4.69, 9.17) is 10.5 Å². The first kappa shape index (κ1) is 12.6. The number of methoxy groups -OCH3 is 1. The molecule has 0 aliphatic rings. The lowest BCUT2D eigenvalue weighted by molar-refractivity contribution is 0.403. The minimum atomic E-state index is -0.673. The Morgan fingerprint density at radius 1 is 1.44 bits per heavy atom. The lowest BCUT2D eigenvalue weighted by atomic mass is 10.0. The van der Waals surface area contributed by atoms with Gasteiger partial charge in [0.25, 0.3) is 0 Å². The molecule has 0 bridgehead atoms. The van der Waals surface area contributed by atoms with Crippen molar-refractivity contribution in [3.63, 3.8) is 0 Å². The Balaban J connectivity index is 2.99. The predicted molar refractivity (Wildman–Crippen MR) is 59.3 cm³/mol. The van der Waals surface area contributed by atoms with Crippen LogP contribution in [0, 0.1) is 11.6 Å². The number of hydrogen-bond donors (Lipinski definition) is 1. The molecule has 0 amide bonds. The van der Waals surface area contributed by atoms with Crippen molar-refractivity contribution in [2.45, 2.75) is 18.9 Å². The average Bonchev–Trinajstić information content (AvgIpc) is 2.25. The molecule has 1 aromatic rings. The SMILES string of the molecule is C=CCC[C@H](N)c1c(F)cc(OC)cc1F. The normalized spacial score (nSPS) is 12.2. The van der Waals surface area contributed by atoms with Crippen molar-refractivity contribution in [1.29, 1.82) is 0 Å². The molecule has 0 unspecified atom stereocenters. The lowest BCUT2D eigenvalue weighted by Crippen LogP contribution is -2.14. The van der Waals surface area contributed by atoms with Gasteiger partial charge in [-0.3, -0.25) is 0 Å². The van der Waals surface area contributed by atoms with Gasteiger partial charge in [0.2, 0.25) is 0 Å². The van der Waals surface area contributed by atoms with E-state index in [9.17, 15) is 8.78 Å². The number of ether oxygens (including phenoxy) is 1. The summed E-state index contributed by atoms with van der Waals surface area (Å²) in [6, 6.07) is 1.60. The summed E-state index contributed by atoms with van der Waals surface area (Å²) in [6.45, 7) is 3.54. The van der Waals surface area contributed by atoms with E-state index >= 15 is 0 Å². The summed E-state index contributed by atoms with van der Waals surface area (Å²) in [7, 11) is 1.35. The van der Waals surface area contributed by atoms with Crippen LogP contribution >= 0.6 is 0 Å². The van der Waals surface area contributed by atoms with Gasteiger partial charge in [-0.1, -0.05) is 6.08 Å². The molecule has 0 aromatic heterocycles. The Morgan fingerprint density at radius 2 is 2.00 bits per heavy atom. The van der Waals surface area contributed by atoms with Crippen LogP contribution < -0.4 is 10.5 Å². The summed E-state index contributed by atoms with van der Waals surface area (Å²) >= 11 is 0. The molecule has 2 N–H and O–H groups in total. The summed E-state index contributed by atoms with van der Waals surface area (Å²) in [5, 5.41) is 0. The number of hydrogen-bond acceptors (Lipinski definition) is 2. The van der Waals surface area contributed by atoms with Crippen molar-refractivity contribution in [3.8, 4) is 5.75 Å². The zero-order chi connectivity index (χ0) is 12.1. The molecule has 16 heavy (non-hydrogen) atoms. The zero-order valence-corrected chi connectivity index (χ0v) is 9.17. The Morgan fingerprint density at radius 3 is 2.44 bits per heavy atom. The Kier molecular flexibility index (Phi) is 4.43. The van der Waals surface area contributed by atoms with Crippen LogP contribution in [0.2, 0.25) is 0 Å². The first-order valence-corrected chi connectivity index (χ1v) is 4.99. The standard InChI is InChI=1S/C12H15F2NO/c1-3-4-5-11(15)12-9(13)6-8(16-2)7-10(12)14/h3,6-7,11H,1,4-5,15H2,2H3/t11-/m0/s1. The molecule has 0 heterocycles. The maximum absolute atomic E-state index is 13.5. The van der Waals surface area contributed by atoms with Crippen molar-refractivity contribution < 1.29 is 13.5 Å². The topological polar surface area (TPSA) is 35.2 Å². The first-order chi connectivity index (χ1) is 7.60. The van der Waals surface area contributed by atoms with Gasteiger partial charge in [0, 0.05) is 23.7 Å². The van der Waals surface area contributed by atoms with Crippen LogP contribution in [-0.4, -0.2) is 7.11 Å². The highest BCUT2D eigenvalue weighted by molar-refractivity contribution is 5.32. The van der Waals surface area contributed by atoms with E-state index in [-0.39, 0.29) is 11.3 Å². The van der Waals surface area contributed by atoms with Crippen LogP contribution in [-0.2, 0) is 0 Å². The number of nitrogens with two attached hydrogens (primary N) is 1. The van der Waals surface area contributed by atoms with Gasteiger partial charge in [0.15, 0.2) is 0 Å². The van der Waals surface area contributed by atoms with Gasteiger partial charge in [0.05, 0.1) is 7.11 Å². The molecular weight excluding hydrogens is 212 g/mol. The van der Waals surface area contributed by atoms with E-state index in [1.54, 1.807) is 6.08 Å². The van der Waals surface area contributed by atoms with Gasteiger partial charge in [-0.25, -0.2) is 8.78 Å². The second kappa shape index (κ2) is 5.61. The van der Waals surface area contributed by atoms with Gasteiger partial charge in [-0.2, -0.15) is 0 Å². The fraction of sp³-hybridized carbons (Fsp3) is 0.333. The van der Waals surface area contributed by atoms with Crippen molar-refractivity contribution >= 4 is 0 Å². The van der Waals surface area contributed by atoms with E-state index in [2.05, 4.69) is 6.58 Å². The molecule has 4 heteroatoms. The van der Waals surface area contributed by atoms with E-state index in [1.807, 2.05) is 0 Å². The molecule has 0 saturated heterocycles. The number of allylic oxidation sites excluding steroid dienone is 1. The Labute approximate surface area is 93.7 Å². The largest absolute Gasteiger partial charge is 0.497 e. The highest BCUT2D eigenvalue weighted by Gasteiger charge is 2.17. The molecule has 0 fully saturated rings. The van der Waals surface area contributed by atoms with Crippen LogP contribution in [0.3, 0.4) is 0 Å². The van der Waals surface area contributed by atoms with E-state index in [1.165, 1.54) is 7.11 Å². The number of rotatable bonds is 5. The molecule has 0 aliphatic carbocycles. The quantitative estimate of drug-likeness (QED) is 0.785. The zero-order valence-electron chi connectivity index (χ0n) is 9.17. The van der Waals surface area contributed by atoms with Gasteiger partial charge in [0.1, 0.15) is 17.4 Å². The predicted octanol–water partition coefficient (Wildman–Crippen LogP) is 2.94. The Bertz CT molecular complexity index is 356. The minimum Gasteiger partial charge on any atom is -0.497 e. The first-order valence-electron chi connectivity index (χ1n) is 4.99. The summed E-state index contributed by atoms with van der Waals surface area (Å²) in [5.74, 6) is -1.20. The molecule has 1 rings (SSSR count). The van der Waals surface area contributed by atoms with Crippen molar-refractivity contribution in [2.75, 3.05) is 7.11 Å². The van der Waals surface area contributed by atoms with E-state index < -0.39 is 17.7 Å². The van der Waals surface area contributed by atoms with Crippen LogP contribution in [0.25, 0.3) is 0 Å². The third-order valence-electron chi connectivity index (χ3n) is 2.34. The minimum absolute atomic E-state index is 0.0948. The Hall–Kier alpha value is -1.42. The molecular formula is C12H15F2NO. The van der Waals surface area contributed by atoms with Gasteiger partial charge in [-0.15, -0.1) is 6.58 Å². The second-order valence-electron chi connectivity index (χ2n) is 3.48. The number of benzene rings is 1. The lowest BCUT2D eigenvalue weighted by Gasteiger charge is -2.14. The van der Waals surface area contributed by atoms with Crippen LogP contribution in [0.1, 0.15) is 24.4 Å². The highest BCUT2D eigenvalue weighted by atomic mass is 19.1. The monoisotopic (exact) mass is 227 g/mol. The maximum atomic E-state index is 13.5. The molecule has 0 aliphatic heterocycles. The van der Waals surface area contributed by atoms with E-state index in [0.717, 1.165) is 12.1 Å². The summed E-state index contributed by atoms with van der Waals surface area (Å²) in [6.07, 6.45) is 2.74.